The van der Waals surface area contributed by atoms with Gasteiger partial charge in [-0.25, -0.2) is 4.39 Å². The summed E-state index contributed by atoms with van der Waals surface area (Å²) >= 11 is 0. The second-order valence-corrected chi connectivity index (χ2v) is 1.88. The summed E-state index contributed by atoms with van der Waals surface area (Å²) in [4.78, 5) is 0. The fourth-order valence-electron chi connectivity index (χ4n) is 0.617. The van der Waals surface area contributed by atoms with Gasteiger partial charge in [-0.1, -0.05) is 11.5 Å². The third kappa shape index (κ3) is 1.27. The van der Waals surface area contributed by atoms with Crippen molar-refractivity contribution in [3.8, 4) is 0 Å². The lowest BCUT2D eigenvalue weighted by Gasteiger charge is -2.00. The quantitative estimate of drug-likeness (QED) is 0.321. The monoisotopic (exact) mass is 136 g/mol. The van der Waals surface area contributed by atoms with Gasteiger partial charge >= 0.3 is 0 Å². The standard InChI is InChI=1S/C6H6BFN2/c7-5-2-1-4(10-9)3-6(5)8/h1-3,10H,9H2. The molecule has 4 heteroatoms. The van der Waals surface area contributed by atoms with Gasteiger partial charge in [0.05, 0.1) is 5.69 Å². The topological polar surface area (TPSA) is 38.0 Å². The first-order valence-electron chi connectivity index (χ1n) is 2.75. The molecule has 10 heavy (non-hydrogen) atoms. The average molecular weight is 136 g/mol. The van der Waals surface area contributed by atoms with Crippen LogP contribution in [0.15, 0.2) is 18.2 Å². The molecule has 0 spiro atoms. The summed E-state index contributed by atoms with van der Waals surface area (Å²) in [5.74, 6) is 4.55. The molecule has 1 rings (SSSR count). The van der Waals surface area contributed by atoms with Gasteiger partial charge in [-0.15, -0.1) is 0 Å². The highest BCUT2D eigenvalue weighted by Crippen LogP contribution is 2.04. The number of rotatable bonds is 1. The van der Waals surface area contributed by atoms with Crippen LogP contribution in [0.25, 0.3) is 0 Å². The largest absolute Gasteiger partial charge is 0.324 e. The van der Waals surface area contributed by atoms with Gasteiger partial charge < -0.3 is 5.43 Å². The Morgan fingerprint density at radius 1 is 1.50 bits per heavy atom. The molecule has 0 aliphatic heterocycles. The van der Waals surface area contributed by atoms with Gasteiger partial charge in [0.1, 0.15) is 13.7 Å². The van der Waals surface area contributed by atoms with Gasteiger partial charge in [-0.2, -0.15) is 0 Å². The Kier molecular flexibility index (Phi) is 1.92. The van der Waals surface area contributed by atoms with Crippen LogP contribution in [0.5, 0.6) is 0 Å². The lowest BCUT2D eigenvalue weighted by Crippen LogP contribution is -2.12. The summed E-state index contributed by atoms with van der Waals surface area (Å²) in [5.41, 5.74) is 2.93. The van der Waals surface area contributed by atoms with E-state index in [1.807, 2.05) is 0 Å². The van der Waals surface area contributed by atoms with Gasteiger partial charge in [0.2, 0.25) is 0 Å². The second kappa shape index (κ2) is 2.71. The molecule has 0 amide bonds. The molecule has 3 N–H and O–H groups in total. The Bertz CT molecular complexity index is 239. The van der Waals surface area contributed by atoms with Gasteiger partial charge in [-0.05, 0) is 12.1 Å². The average Bonchev–Trinajstić information content (AvgIpc) is 1.95. The summed E-state index contributed by atoms with van der Waals surface area (Å²) in [6, 6.07) is 4.28. The minimum Gasteiger partial charge on any atom is -0.324 e. The molecule has 2 radical (unpaired) electrons. The van der Waals surface area contributed by atoms with Crippen LogP contribution >= 0.6 is 0 Å². The molecule has 1 aromatic rings. The van der Waals surface area contributed by atoms with Gasteiger partial charge in [0.25, 0.3) is 0 Å². The molecule has 0 fully saturated rings. The number of nitrogens with one attached hydrogen (secondary N) is 1. The minimum absolute atomic E-state index is 0.124. The minimum atomic E-state index is -0.463. The first kappa shape index (κ1) is 7.09. The maximum atomic E-state index is 12.5. The molecule has 1 aromatic carbocycles. The number of hydrogen-bond donors (Lipinski definition) is 2. The molecule has 0 heterocycles. The number of nitrogens with two attached hydrogens (primary N) is 1. The van der Waals surface area contributed by atoms with Crippen molar-refractivity contribution in [1.82, 2.24) is 0 Å². The van der Waals surface area contributed by atoms with E-state index >= 15 is 0 Å². The maximum Gasteiger partial charge on any atom is 0.118 e. The molecule has 0 saturated carbocycles. The third-order valence-corrected chi connectivity index (χ3v) is 1.17. The Labute approximate surface area is 59.6 Å². The first-order chi connectivity index (χ1) is 4.74. The van der Waals surface area contributed by atoms with E-state index in [1.165, 1.54) is 12.1 Å². The second-order valence-electron chi connectivity index (χ2n) is 1.88. The summed E-state index contributed by atoms with van der Waals surface area (Å²) in [7, 11) is 5.20. The lowest BCUT2D eigenvalue weighted by molar-refractivity contribution is 0.636. The zero-order valence-corrected chi connectivity index (χ0v) is 5.26. The van der Waals surface area contributed by atoms with E-state index in [1.54, 1.807) is 6.07 Å². The Balaban J connectivity index is 3.04. The van der Waals surface area contributed by atoms with E-state index in [0.717, 1.165) is 0 Å². The van der Waals surface area contributed by atoms with Crippen molar-refractivity contribution in [3.63, 3.8) is 0 Å². The molecule has 0 atom stereocenters. The van der Waals surface area contributed by atoms with Crippen LogP contribution in [0.1, 0.15) is 0 Å². The molecule has 0 unspecified atom stereocenters. The van der Waals surface area contributed by atoms with Crippen LogP contribution in [0, 0.1) is 5.82 Å². The highest BCUT2D eigenvalue weighted by molar-refractivity contribution is 6.32. The Morgan fingerprint density at radius 3 is 2.70 bits per heavy atom. The molecule has 0 saturated heterocycles. The van der Waals surface area contributed by atoms with Crippen LogP contribution < -0.4 is 16.7 Å². The zero-order valence-electron chi connectivity index (χ0n) is 5.26. The summed E-state index contributed by atoms with van der Waals surface area (Å²) in [6.07, 6.45) is 0. The number of hydrazine groups is 1. The fourth-order valence-corrected chi connectivity index (χ4v) is 0.617. The Hall–Kier alpha value is -1.03. The van der Waals surface area contributed by atoms with Gasteiger partial charge in [-0.3, -0.25) is 5.84 Å². The Morgan fingerprint density at radius 2 is 2.20 bits per heavy atom. The predicted octanol–water partition coefficient (Wildman–Crippen LogP) is -0.0949. The van der Waals surface area contributed by atoms with Gasteiger partial charge in [0, 0.05) is 0 Å². The zero-order chi connectivity index (χ0) is 7.56. The molecule has 50 valence electrons. The highest BCUT2D eigenvalue weighted by atomic mass is 19.1. The van der Waals surface area contributed by atoms with Crippen LogP contribution in [0.3, 0.4) is 0 Å². The third-order valence-electron chi connectivity index (χ3n) is 1.17. The van der Waals surface area contributed by atoms with E-state index in [9.17, 15) is 4.39 Å². The van der Waals surface area contributed by atoms with Crippen LogP contribution in [0.4, 0.5) is 10.1 Å². The molecule has 2 nitrogen and oxygen atoms in total. The highest BCUT2D eigenvalue weighted by Gasteiger charge is 1.95. The van der Waals surface area contributed by atoms with E-state index in [-0.39, 0.29) is 5.46 Å². The van der Waals surface area contributed by atoms with Crippen molar-refractivity contribution in [3.05, 3.63) is 24.0 Å². The number of nitrogen functional groups attached to an aromatic ring is 1. The fraction of sp³-hybridized carbons (Fsp3) is 0. The lowest BCUT2D eigenvalue weighted by atomic mass is 9.95. The maximum absolute atomic E-state index is 12.5. The summed E-state index contributed by atoms with van der Waals surface area (Å²) in [6.45, 7) is 0. The van der Waals surface area contributed by atoms with E-state index in [0.29, 0.717) is 5.69 Å². The van der Waals surface area contributed by atoms with E-state index in [4.69, 9.17) is 13.7 Å². The number of hydrogen-bond acceptors (Lipinski definition) is 2. The van der Waals surface area contributed by atoms with Crippen molar-refractivity contribution < 1.29 is 4.39 Å². The molecule has 0 aliphatic rings. The normalized spacial score (nSPS) is 9.40. The smallest absolute Gasteiger partial charge is 0.118 e. The van der Waals surface area contributed by atoms with Crippen molar-refractivity contribution in [1.29, 1.82) is 0 Å². The van der Waals surface area contributed by atoms with Crippen LogP contribution in [-0.4, -0.2) is 7.85 Å². The summed E-state index contributed by atoms with van der Waals surface area (Å²) < 4.78 is 12.5. The van der Waals surface area contributed by atoms with Crippen molar-refractivity contribution >= 4 is 19.0 Å². The molecular formula is C6H6BFN2. The molecule has 0 bridgehead atoms. The SMILES string of the molecule is [B]c1ccc(NN)cc1F. The number of halogens is 1. The number of anilines is 1. The number of benzene rings is 1. The van der Waals surface area contributed by atoms with Crippen molar-refractivity contribution in [2.75, 3.05) is 5.43 Å². The van der Waals surface area contributed by atoms with Crippen LogP contribution in [0.2, 0.25) is 0 Å². The first-order valence-corrected chi connectivity index (χ1v) is 2.75. The molecule has 0 aliphatic carbocycles. The van der Waals surface area contributed by atoms with Crippen molar-refractivity contribution in [2.45, 2.75) is 0 Å². The van der Waals surface area contributed by atoms with Crippen LogP contribution in [-0.2, 0) is 0 Å². The predicted molar refractivity (Wildman–Crippen MR) is 39.6 cm³/mol. The molecular weight excluding hydrogens is 130 g/mol. The van der Waals surface area contributed by atoms with Crippen molar-refractivity contribution in [2.24, 2.45) is 5.84 Å². The van der Waals surface area contributed by atoms with Gasteiger partial charge in [0.15, 0.2) is 0 Å². The molecule has 0 aromatic heterocycles. The van der Waals surface area contributed by atoms with E-state index in [2.05, 4.69) is 5.43 Å². The van der Waals surface area contributed by atoms with E-state index < -0.39 is 5.82 Å². The summed E-state index contributed by atoms with van der Waals surface area (Å²) in [5, 5.41) is 0.